The summed E-state index contributed by atoms with van der Waals surface area (Å²) < 4.78 is 0. The molecule has 2 unspecified atom stereocenters. The Morgan fingerprint density at radius 1 is 0.431 bits per heavy atom. The summed E-state index contributed by atoms with van der Waals surface area (Å²) in [7, 11) is 0. The number of hydrogen-bond donors (Lipinski definition) is 3. The highest BCUT2D eigenvalue weighted by Gasteiger charge is 2.19. The van der Waals surface area contributed by atoms with Crippen LogP contribution in [0.25, 0.3) is 0 Å². The quantitative estimate of drug-likeness (QED) is 0.0424. The van der Waals surface area contributed by atoms with Crippen LogP contribution in [0, 0.1) is 0 Å². The molecule has 3 N–H and O–H groups in total. The molecule has 0 saturated heterocycles. The van der Waals surface area contributed by atoms with Gasteiger partial charge in [-0.2, -0.15) is 0 Å². The summed E-state index contributed by atoms with van der Waals surface area (Å²) in [5.74, 6) is -0.0390. The summed E-state index contributed by atoms with van der Waals surface area (Å²) in [4.78, 5) is 12.3. The third-order valence-electron chi connectivity index (χ3n) is 10.9. The van der Waals surface area contributed by atoms with Gasteiger partial charge >= 0.3 is 0 Å². The normalized spacial score (nSPS) is 13.7. The molecule has 2 atom stereocenters. The van der Waals surface area contributed by atoms with Gasteiger partial charge in [0.15, 0.2) is 0 Å². The molecule has 0 heterocycles. The molecule has 0 saturated carbocycles. The number of unbranched alkanes of at least 4 members (excludes halogenated alkanes) is 23. The van der Waals surface area contributed by atoms with Crippen molar-refractivity contribution in [3.63, 3.8) is 0 Å². The van der Waals surface area contributed by atoms with E-state index in [0.717, 1.165) is 70.6 Å². The lowest BCUT2D eigenvalue weighted by molar-refractivity contribution is -0.123. The van der Waals surface area contributed by atoms with Crippen LogP contribution in [0.4, 0.5) is 0 Å². The molecule has 4 nitrogen and oxygen atoms in total. The smallest absolute Gasteiger partial charge is 0.220 e. The van der Waals surface area contributed by atoms with Crippen LogP contribution in [0.1, 0.15) is 232 Å². The Hall–Kier alpha value is -2.43. The van der Waals surface area contributed by atoms with Gasteiger partial charge in [-0.3, -0.25) is 4.79 Å². The number of aliphatic hydroxyl groups is 2. The molecule has 0 aromatic carbocycles. The van der Waals surface area contributed by atoms with E-state index in [1.54, 1.807) is 0 Å². The molecule has 58 heavy (non-hydrogen) atoms. The lowest BCUT2D eigenvalue weighted by Gasteiger charge is -2.22. The number of nitrogens with one attached hydrogen (secondary N) is 1. The van der Waals surface area contributed by atoms with E-state index in [2.05, 4.69) is 104 Å². The maximum absolute atomic E-state index is 12.3. The predicted molar refractivity (Wildman–Crippen MR) is 257 cm³/mol. The number of carbonyl (C=O) groups excluding carboxylic acids is 1. The molecule has 1 amide bonds. The largest absolute Gasteiger partial charge is 0.394 e. The SMILES string of the molecule is CC/C=C\C/C=C\C/C=C\C/C=C\C/C=C\C/C=C\C/C=C\CCCCCCCCCCCCCCCCCCCCCC(=O)NC(CO)C(O)CCCCCCC. The minimum absolute atomic E-state index is 0.0390. The van der Waals surface area contributed by atoms with Gasteiger partial charge in [0.05, 0.1) is 18.8 Å². The number of aliphatic hydroxyl groups excluding tert-OH is 2. The van der Waals surface area contributed by atoms with Crippen LogP contribution in [-0.2, 0) is 4.79 Å². The molecule has 0 aliphatic rings. The van der Waals surface area contributed by atoms with E-state index in [1.807, 2.05) is 0 Å². The lowest BCUT2D eigenvalue weighted by atomic mass is 10.0. The maximum atomic E-state index is 12.3. The van der Waals surface area contributed by atoms with Gasteiger partial charge < -0.3 is 15.5 Å². The van der Waals surface area contributed by atoms with Crippen molar-refractivity contribution in [2.75, 3.05) is 6.61 Å². The van der Waals surface area contributed by atoms with Gasteiger partial charge in [0, 0.05) is 6.42 Å². The first-order valence-electron chi connectivity index (χ1n) is 24.8. The van der Waals surface area contributed by atoms with Crippen molar-refractivity contribution in [1.82, 2.24) is 5.32 Å². The molecule has 4 heteroatoms. The molecule has 0 radical (unpaired) electrons. The summed E-state index contributed by atoms with van der Waals surface area (Å²) in [5.41, 5.74) is 0. The van der Waals surface area contributed by atoms with Crippen LogP contribution in [0.2, 0.25) is 0 Å². The zero-order valence-electron chi connectivity index (χ0n) is 38.3. The number of hydrogen-bond acceptors (Lipinski definition) is 3. The van der Waals surface area contributed by atoms with Crippen LogP contribution in [0.3, 0.4) is 0 Å². The van der Waals surface area contributed by atoms with E-state index in [9.17, 15) is 15.0 Å². The van der Waals surface area contributed by atoms with Crippen LogP contribution < -0.4 is 5.32 Å². The second kappa shape index (κ2) is 48.9. The molecular formula is C54H95NO3. The Morgan fingerprint density at radius 3 is 1.14 bits per heavy atom. The van der Waals surface area contributed by atoms with E-state index >= 15 is 0 Å². The highest BCUT2D eigenvalue weighted by Crippen LogP contribution is 2.16. The fourth-order valence-electron chi connectivity index (χ4n) is 7.16. The monoisotopic (exact) mass is 806 g/mol. The van der Waals surface area contributed by atoms with E-state index in [1.165, 1.54) is 135 Å². The van der Waals surface area contributed by atoms with Crippen LogP contribution in [0.15, 0.2) is 85.1 Å². The van der Waals surface area contributed by atoms with Crippen molar-refractivity contribution in [3.8, 4) is 0 Å². The predicted octanol–water partition coefficient (Wildman–Crippen LogP) is 16.0. The van der Waals surface area contributed by atoms with E-state index in [4.69, 9.17) is 0 Å². The molecule has 0 fully saturated rings. The zero-order chi connectivity index (χ0) is 42.1. The Balaban J connectivity index is 3.41. The summed E-state index contributed by atoms with van der Waals surface area (Å²) in [6.07, 6.45) is 71.6. The van der Waals surface area contributed by atoms with Gasteiger partial charge in [-0.1, -0.05) is 240 Å². The Morgan fingerprint density at radius 2 is 0.759 bits per heavy atom. The third kappa shape index (κ3) is 44.7. The van der Waals surface area contributed by atoms with Gasteiger partial charge in [0.25, 0.3) is 0 Å². The van der Waals surface area contributed by atoms with Crippen LogP contribution in [0.5, 0.6) is 0 Å². The van der Waals surface area contributed by atoms with Gasteiger partial charge in [0.2, 0.25) is 5.91 Å². The van der Waals surface area contributed by atoms with Crippen molar-refractivity contribution in [3.05, 3.63) is 85.1 Å². The van der Waals surface area contributed by atoms with Gasteiger partial charge in [-0.05, 0) is 70.6 Å². The summed E-state index contributed by atoms with van der Waals surface area (Å²) in [6.45, 7) is 4.16. The fraction of sp³-hybridized carbons (Fsp3) is 0.722. The fourth-order valence-corrected chi connectivity index (χ4v) is 7.16. The Bertz CT molecular complexity index is 1050. The van der Waals surface area contributed by atoms with Crippen molar-refractivity contribution in [2.24, 2.45) is 0 Å². The third-order valence-corrected chi connectivity index (χ3v) is 10.9. The molecule has 0 aliphatic heterocycles. The van der Waals surface area contributed by atoms with Crippen molar-refractivity contribution < 1.29 is 15.0 Å². The number of amides is 1. The summed E-state index contributed by atoms with van der Waals surface area (Å²) >= 11 is 0. The number of rotatable bonds is 44. The highest BCUT2D eigenvalue weighted by atomic mass is 16.3. The zero-order valence-corrected chi connectivity index (χ0v) is 38.3. The van der Waals surface area contributed by atoms with Crippen molar-refractivity contribution in [1.29, 1.82) is 0 Å². The lowest BCUT2D eigenvalue weighted by Crippen LogP contribution is -2.45. The van der Waals surface area contributed by atoms with Crippen LogP contribution >= 0.6 is 0 Å². The standard InChI is InChI=1S/C54H95NO3/c1-3-5-7-9-10-11-12-13-14-15-16-17-18-19-20-21-22-23-24-25-26-27-28-29-30-31-32-33-34-35-36-37-38-39-40-41-42-43-44-46-48-50-54(58)55-52(51-56)53(57)49-47-45-8-6-4-2/h5,7,10-11,13-14,16-17,19-20,22-23,25-26,52-53,56-57H,3-4,6,8-9,12,15,18,21,24,27-51H2,1-2H3,(H,55,58)/b7-5-,11-10-,14-13-,17-16-,20-19-,23-22-,26-25-. The Labute approximate surface area is 361 Å². The van der Waals surface area contributed by atoms with E-state index in [0.29, 0.717) is 12.8 Å². The average molecular weight is 806 g/mol. The minimum atomic E-state index is -0.656. The molecule has 0 aromatic rings. The first-order valence-corrected chi connectivity index (χ1v) is 24.8. The average Bonchev–Trinajstić information content (AvgIpc) is 3.23. The second-order valence-electron chi connectivity index (χ2n) is 16.5. The molecular weight excluding hydrogens is 711 g/mol. The van der Waals surface area contributed by atoms with E-state index < -0.39 is 12.1 Å². The van der Waals surface area contributed by atoms with Gasteiger partial charge in [-0.25, -0.2) is 0 Å². The molecule has 0 spiro atoms. The molecule has 0 aliphatic carbocycles. The number of carbonyl (C=O) groups is 1. The molecule has 0 aromatic heterocycles. The molecule has 0 rings (SSSR count). The first kappa shape index (κ1) is 55.6. The van der Waals surface area contributed by atoms with Crippen molar-refractivity contribution in [2.45, 2.75) is 244 Å². The van der Waals surface area contributed by atoms with Crippen LogP contribution in [-0.4, -0.2) is 34.9 Å². The van der Waals surface area contributed by atoms with E-state index in [-0.39, 0.29) is 12.5 Å². The maximum Gasteiger partial charge on any atom is 0.220 e. The van der Waals surface area contributed by atoms with Crippen molar-refractivity contribution >= 4 is 5.91 Å². The Kier molecular flexibility index (Phi) is 46.9. The minimum Gasteiger partial charge on any atom is -0.394 e. The molecule has 0 bridgehead atoms. The second-order valence-corrected chi connectivity index (χ2v) is 16.5. The molecule has 334 valence electrons. The first-order chi connectivity index (χ1) is 28.7. The van der Waals surface area contributed by atoms with Gasteiger partial charge in [-0.15, -0.1) is 0 Å². The summed E-state index contributed by atoms with van der Waals surface area (Å²) in [5, 5.41) is 22.8. The highest BCUT2D eigenvalue weighted by molar-refractivity contribution is 5.76. The van der Waals surface area contributed by atoms with Gasteiger partial charge in [0.1, 0.15) is 0 Å². The summed E-state index contributed by atoms with van der Waals surface area (Å²) in [6, 6.07) is -0.533. The topological polar surface area (TPSA) is 69.6 Å². The number of allylic oxidation sites excluding steroid dienone is 14.